The van der Waals surface area contributed by atoms with Gasteiger partial charge in [0.1, 0.15) is 10.6 Å². The van der Waals surface area contributed by atoms with Gasteiger partial charge in [-0.05, 0) is 30.6 Å². The highest BCUT2D eigenvalue weighted by Crippen LogP contribution is 2.24. The topological polar surface area (TPSA) is 75.1 Å². The number of phenolic OH excluding ortho intramolecular Hbond substituents is 1. The van der Waals surface area contributed by atoms with Gasteiger partial charge in [0.2, 0.25) is 0 Å². The Morgan fingerprint density at radius 3 is 3.00 bits per heavy atom. The molecule has 2 rings (SSSR count). The lowest BCUT2D eigenvalue weighted by molar-refractivity contribution is 0.103. The van der Waals surface area contributed by atoms with Crippen molar-refractivity contribution in [2.24, 2.45) is 0 Å². The van der Waals surface area contributed by atoms with Crippen LogP contribution in [-0.4, -0.2) is 20.6 Å². The molecule has 0 saturated heterocycles. The lowest BCUT2D eigenvalue weighted by Gasteiger charge is -2.07. The fourth-order valence-electron chi connectivity index (χ4n) is 1.21. The molecule has 2 N–H and O–H groups in total. The van der Waals surface area contributed by atoms with Crippen molar-refractivity contribution >= 4 is 23.1 Å². The quantitative estimate of drug-likeness (QED) is 0.832. The Balaban J connectivity index is 2.22. The minimum Gasteiger partial charge on any atom is -0.508 e. The van der Waals surface area contributed by atoms with Crippen LogP contribution in [0.5, 0.6) is 5.75 Å². The van der Waals surface area contributed by atoms with E-state index in [9.17, 15) is 9.90 Å². The summed E-state index contributed by atoms with van der Waals surface area (Å²) in [6.07, 6.45) is 1.40. The number of phenols is 1. The summed E-state index contributed by atoms with van der Waals surface area (Å²) in [4.78, 5) is 12.1. The van der Waals surface area contributed by atoms with Crippen LogP contribution in [0, 0.1) is 6.92 Å². The molecule has 0 bridgehead atoms. The Labute approximate surface area is 95.9 Å². The first-order valence-corrected chi connectivity index (χ1v) is 5.33. The molecule has 1 heterocycles. The molecule has 0 atom stereocenters. The summed E-state index contributed by atoms with van der Waals surface area (Å²) < 4.78 is 3.61. The number of carbonyl (C=O) groups excluding carboxylic acids is 1. The van der Waals surface area contributed by atoms with Crippen LogP contribution in [-0.2, 0) is 0 Å². The van der Waals surface area contributed by atoms with Gasteiger partial charge >= 0.3 is 0 Å². The van der Waals surface area contributed by atoms with E-state index >= 15 is 0 Å². The number of hydrogen-bond donors (Lipinski definition) is 2. The van der Waals surface area contributed by atoms with Gasteiger partial charge in [0, 0.05) is 11.3 Å². The Morgan fingerprint density at radius 1 is 1.50 bits per heavy atom. The number of benzene rings is 1. The maximum absolute atomic E-state index is 11.7. The van der Waals surface area contributed by atoms with Crippen LogP contribution in [0.25, 0.3) is 0 Å². The maximum Gasteiger partial charge on any atom is 0.269 e. The van der Waals surface area contributed by atoms with E-state index in [4.69, 9.17) is 0 Å². The largest absolute Gasteiger partial charge is 0.508 e. The van der Waals surface area contributed by atoms with Crippen LogP contribution in [0.1, 0.15) is 15.2 Å². The first-order valence-electron chi connectivity index (χ1n) is 4.56. The third kappa shape index (κ3) is 2.01. The number of hydrogen-bond acceptors (Lipinski definition) is 5. The SMILES string of the molecule is Cc1c(O)cccc1NC(=O)c1cnns1. The minimum atomic E-state index is -0.274. The average molecular weight is 235 g/mol. The van der Waals surface area contributed by atoms with Gasteiger partial charge in [0.25, 0.3) is 5.91 Å². The molecule has 16 heavy (non-hydrogen) atoms. The zero-order chi connectivity index (χ0) is 11.5. The molecule has 1 aromatic heterocycles. The number of aromatic hydroxyl groups is 1. The number of amides is 1. The molecule has 5 nitrogen and oxygen atoms in total. The van der Waals surface area contributed by atoms with E-state index in [1.165, 1.54) is 6.20 Å². The summed E-state index contributed by atoms with van der Waals surface area (Å²) in [6, 6.07) is 4.96. The summed E-state index contributed by atoms with van der Waals surface area (Å²) in [5.74, 6) is -0.121. The van der Waals surface area contributed by atoms with E-state index in [-0.39, 0.29) is 11.7 Å². The van der Waals surface area contributed by atoms with E-state index in [2.05, 4.69) is 14.9 Å². The lowest BCUT2D eigenvalue weighted by Crippen LogP contribution is -2.11. The van der Waals surface area contributed by atoms with Crippen LogP contribution in [0.3, 0.4) is 0 Å². The molecule has 0 saturated carbocycles. The van der Waals surface area contributed by atoms with Crippen molar-refractivity contribution in [2.75, 3.05) is 5.32 Å². The first kappa shape index (κ1) is 10.6. The minimum absolute atomic E-state index is 0.153. The lowest BCUT2D eigenvalue weighted by atomic mass is 10.2. The zero-order valence-corrected chi connectivity index (χ0v) is 9.28. The van der Waals surface area contributed by atoms with Crippen molar-refractivity contribution in [3.63, 3.8) is 0 Å². The van der Waals surface area contributed by atoms with E-state index in [1.54, 1.807) is 25.1 Å². The fourth-order valence-corrected chi connectivity index (χ4v) is 1.62. The standard InChI is InChI=1S/C10H9N3O2S/c1-6-7(3-2-4-8(6)14)12-10(15)9-5-11-13-16-9/h2-5,14H,1H3,(H,12,15). The molecule has 0 unspecified atom stereocenters. The Morgan fingerprint density at radius 2 is 2.31 bits per heavy atom. The average Bonchev–Trinajstić information content (AvgIpc) is 2.78. The van der Waals surface area contributed by atoms with Crippen molar-refractivity contribution in [2.45, 2.75) is 6.92 Å². The smallest absolute Gasteiger partial charge is 0.269 e. The molecule has 0 fully saturated rings. The normalized spacial score (nSPS) is 10.1. The highest BCUT2D eigenvalue weighted by Gasteiger charge is 2.10. The van der Waals surface area contributed by atoms with Gasteiger partial charge in [-0.2, -0.15) is 0 Å². The maximum atomic E-state index is 11.7. The van der Waals surface area contributed by atoms with E-state index in [0.717, 1.165) is 11.5 Å². The molecule has 2 aromatic rings. The monoisotopic (exact) mass is 235 g/mol. The number of aromatic nitrogens is 2. The predicted octanol–water partition coefficient (Wildman–Crippen LogP) is 1.80. The van der Waals surface area contributed by atoms with Gasteiger partial charge in [-0.25, -0.2) is 0 Å². The first-order chi connectivity index (χ1) is 7.68. The summed E-state index contributed by atoms with van der Waals surface area (Å²) in [6.45, 7) is 1.73. The second kappa shape index (κ2) is 4.28. The fraction of sp³-hybridized carbons (Fsp3) is 0.100. The van der Waals surface area contributed by atoms with Gasteiger partial charge in [0.15, 0.2) is 0 Å². The third-order valence-corrected chi connectivity index (χ3v) is 2.80. The molecular formula is C10H9N3O2S. The van der Waals surface area contributed by atoms with Crippen LogP contribution < -0.4 is 5.32 Å². The van der Waals surface area contributed by atoms with Gasteiger partial charge in [-0.3, -0.25) is 4.79 Å². The Hall–Kier alpha value is -1.95. The molecule has 0 radical (unpaired) electrons. The number of rotatable bonds is 2. The summed E-state index contributed by atoms with van der Waals surface area (Å²) in [5, 5.41) is 15.7. The van der Waals surface area contributed by atoms with Crippen molar-refractivity contribution in [1.29, 1.82) is 0 Å². The molecule has 1 amide bonds. The second-order valence-electron chi connectivity index (χ2n) is 3.19. The number of nitrogens with zero attached hydrogens (tertiary/aromatic N) is 2. The van der Waals surface area contributed by atoms with Crippen molar-refractivity contribution < 1.29 is 9.90 Å². The number of anilines is 1. The molecule has 0 spiro atoms. The van der Waals surface area contributed by atoms with Gasteiger partial charge < -0.3 is 10.4 Å². The van der Waals surface area contributed by atoms with Crippen LogP contribution >= 0.6 is 11.5 Å². The van der Waals surface area contributed by atoms with Gasteiger partial charge in [-0.1, -0.05) is 10.6 Å². The third-order valence-electron chi connectivity index (χ3n) is 2.14. The number of carbonyl (C=O) groups is 1. The van der Waals surface area contributed by atoms with Gasteiger partial charge in [-0.15, -0.1) is 5.10 Å². The molecule has 0 aliphatic heterocycles. The highest BCUT2D eigenvalue weighted by atomic mass is 32.1. The molecule has 6 heteroatoms. The van der Waals surface area contributed by atoms with E-state index in [1.807, 2.05) is 0 Å². The summed E-state index contributed by atoms with van der Waals surface area (Å²) in [5.41, 5.74) is 1.21. The van der Waals surface area contributed by atoms with Crippen molar-refractivity contribution in [1.82, 2.24) is 9.59 Å². The summed E-state index contributed by atoms with van der Waals surface area (Å²) >= 11 is 1.02. The number of nitrogens with one attached hydrogen (secondary N) is 1. The van der Waals surface area contributed by atoms with Crippen LogP contribution in [0.4, 0.5) is 5.69 Å². The van der Waals surface area contributed by atoms with Crippen molar-refractivity contribution in [3.8, 4) is 5.75 Å². The molecule has 0 aliphatic rings. The van der Waals surface area contributed by atoms with Crippen LogP contribution in [0.15, 0.2) is 24.4 Å². The Bertz CT molecular complexity index is 511. The molecule has 82 valence electrons. The van der Waals surface area contributed by atoms with Crippen molar-refractivity contribution in [3.05, 3.63) is 34.8 Å². The van der Waals surface area contributed by atoms with E-state index in [0.29, 0.717) is 16.1 Å². The summed E-state index contributed by atoms with van der Waals surface area (Å²) in [7, 11) is 0. The zero-order valence-electron chi connectivity index (χ0n) is 8.47. The van der Waals surface area contributed by atoms with E-state index < -0.39 is 0 Å². The second-order valence-corrected chi connectivity index (χ2v) is 3.97. The highest BCUT2D eigenvalue weighted by molar-refractivity contribution is 7.07. The predicted molar refractivity (Wildman–Crippen MR) is 60.7 cm³/mol. The molecule has 1 aromatic carbocycles. The Kier molecular flexibility index (Phi) is 2.82. The molecular weight excluding hydrogens is 226 g/mol. The molecule has 0 aliphatic carbocycles. The van der Waals surface area contributed by atoms with Gasteiger partial charge in [0.05, 0.1) is 6.20 Å². The van der Waals surface area contributed by atoms with Crippen LogP contribution in [0.2, 0.25) is 0 Å².